The molecule has 21 heavy (non-hydrogen) atoms. The molecule has 0 atom stereocenters. The summed E-state index contributed by atoms with van der Waals surface area (Å²) in [5, 5.41) is 13.9. The lowest BCUT2D eigenvalue weighted by Crippen LogP contribution is -2.23. The second kappa shape index (κ2) is 6.04. The summed E-state index contributed by atoms with van der Waals surface area (Å²) in [5.41, 5.74) is 1.39. The van der Waals surface area contributed by atoms with Gasteiger partial charge < -0.3 is 5.32 Å². The molecule has 7 nitrogen and oxygen atoms in total. The maximum Gasteiger partial charge on any atom is 0.292 e. The number of hydrogen-bond acceptors (Lipinski definition) is 5. The van der Waals surface area contributed by atoms with Crippen LogP contribution >= 0.6 is 15.9 Å². The molecule has 0 spiro atoms. The first-order valence-corrected chi connectivity index (χ1v) is 6.90. The fourth-order valence-electron chi connectivity index (χ4n) is 2.00. The number of nitrogens with one attached hydrogen (secondary N) is 1. The van der Waals surface area contributed by atoms with Crippen LogP contribution in [0, 0.1) is 17.0 Å². The lowest BCUT2D eigenvalue weighted by molar-refractivity contribution is -0.384. The first-order chi connectivity index (χ1) is 9.95. The highest BCUT2D eigenvalue weighted by Crippen LogP contribution is 2.28. The zero-order valence-corrected chi connectivity index (χ0v) is 13.0. The molecular formula is C13H13BrN4O3. The third-order valence-electron chi connectivity index (χ3n) is 3.07. The van der Waals surface area contributed by atoms with Gasteiger partial charge in [0, 0.05) is 18.7 Å². The molecule has 1 heterocycles. The van der Waals surface area contributed by atoms with Gasteiger partial charge >= 0.3 is 0 Å². The van der Waals surface area contributed by atoms with Gasteiger partial charge in [-0.1, -0.05) is 12.1 Å². The van der Waals surface area contributed by atoms with Gasteiger partial charge in [-0.3, -0.25) is 19.5 Å². The second-order valence-electron chi connectivity index (χ2n) is 4.40. The fraction of sp³-hybridized carbons (Fsp3) is 0.231. The lowest BCUT2D eigenvalue weighted by Gasteiger charge is -2.11. The van der Waals surface area contributed by atoms with Crippen molar-refractivity contribution in [3.63, 3.8) is 0 Å². The number of aryl methyl sites for hydroxylation is 1. The summed E-state index contributed by atoms with van der Waals surface area (Å²) in [7, 11) is 1.61. The summed E-state index contributed by atoms with van der Waals surface area (Å²) >= 11 is 3.20. The minimum absolute atomic E-state index is 0.0258. The van der Waals surface area contributed by atoms with Gasteiger partial charge in [0.05, 0.1) is 23.5 Å². The molecule has 0 aliphatic heterocycles. The van der Waals surface area contributed by atoms with Crippen LogP contribution in [0.4, 0.5) is 11.4 Å². The number of aromatic nitrogens is 2. The van der Waals surface area contributed by atoms with Gasteiger partial charge in [0.2, 0.25) is 0 Å². The first-order valence-electron chi connectivity index (χ1n) is 6.11. The van der Waals surface area contributed by atoms with Gasteiger partial charge in [0.25, 0.3) is 11.2 Å². The Morgan fingerprint density at radius 1 is 1.48 bits per heavy atom. The van der Waals surface area contributed by atoms with E-state index >= 15 is 0 Å². The monoisotopic (exact) mass is 352 g/mol. The Morgan fingerprint density at radius 3 is 2.81 bits per heavy atom. The Labute approximate surface area is 128 Å². The summed E-state index contributed by atoms with van der Waals surface area (Å²) in [6, 6.07) is 4.75. The molecule has 1 aromatic carbocycles. The lowest BCUT2D eigenvalue weighted by atomic mass is 10.1. The molecular weight excluding hydrogens is 340 g/mol. The van der Waals surface area contributed by atoms with E-state index in [-0.39, 0.29) is 17.8 Å². The Kier molecular flexibility index (Phi) is 4.37. The molecule has 2 rings (SSSR count). The Balaban J connectivity index is 2.50. The van der Waals surface area contributed by atoms with E-state index in [0.717, 1.165) is 0 Å². The highest BCUT2D eigenvalue weighted by atomic mass is 79.9. The standard InChI is InChI=1S/C13H13BrN4O3/c1-8-11(14)13(19)17(7-16-8)6-9-4-3-5-10(18(20)21)12(9)15-2/h3-5,7,15H,6H2,1-2H3. The molecule has 0 radical (unpaired) electrons. The number of para-hydroxylation sites is 1. The van der Waals surface area contributed by atoms with Crippen molar-refractivity contribution in [1.29, 1.82) is 0 Å². The van der Waals surface area contributed by atoms with E-state index in [1.165, 1.54) is 17.0 Å². The van der Waals surface area contributed by atoms with Crippen LogP contribution < -0.4 is 10.9 Å². The number of nitro benzene ring substituents is 1. The Hall–Kier alpha value is -2.22. The summed E-state index contributed by atoms with van der Waals surface area (Å²) < 4.78 is 1.79. The molecule has 1 aromatic heterocycles. The zero-order chi connectivity index (χ0) is 15.6. The molecule has 2 aromatic rings. The van der Waals surface area contributed by atoms with Crippen LogP contribution in [-0.4, -0.2) is 21.5 Å². The van der Waals surface area contributed by atoms with Crippen LogP contribution in [0.25, 0.3) is 0 Å². The maximum absolute atomic E-state index is 12.1. The molecule has 0 amide bonds. The average molecular weight is 353 g/mol. The van der Waals surface area contributed by atoms with Crippen molar-refractivity contribution in [3.05, 3.63) is 60.7 Å². The van der Waals surface area contributed by atoms with Crippen molar-refractivity contribution in [2.75, 3.05) is 12.4 Å². The highest BCUT2D eigenvalue weighted by molar-refractivity contribution is 9.10. The van der Waals surface area contributed by atoms with E-state index in [4.69, 9.17) is 0 Å². The molecule has 8 heteroatoms. The molecule has 0 aliphatic carbocycles. The molecule has 0 bridgehead atoms. The molecule has 0 fully saturated rings. The van der Waals surface area contributed by atoms with E-state index in [1.807, 2.05) is 0 Å². The fourth-order valence-corrected chi connectivity index (χ4v) is 2.33. The minimum atomic E-state index is -0.457. The Bertz CT molecular complexity index is 758. The molecule has 0 saturated carbocycles. The van der Waals surface area contributed by atoms with E-state index < -0.39 is 4.92 Å². The number of halogens is 1. The minimum Gasteiger partial charge on any atom is -0.382 e. The maximum atomic E-state index is 12.1. The van der Waals surface area contributed by atoms with Crippen molar-refractivity contribution in [2.24, 2.45) is 0 Å². The van der Waals surface area contributed by atoms with Crippen molar-refractivity contribution in [3.8, 4) is 0 Å². The van der Waals surface area contributed by atoms with E-state index in [1.54, 1.807) is 26.1 Å². The highest BCUT2D eigenvalue weighted by Gasteiger charge is 2.17. The van der Waals surface area contributed by atoms with Gasteiger partial charge in [-0.2, -0.15) is 0 Å². The van der Waals surface area contributed by atoms with Crippen LogP contribution in [0.2, 0.25) is 0 Å². The topological polar surface area (TPSA) is 90.1 Å². The molecule has 0 aliphatic rings. The second-order valence-corrected chi connectivity index (χ2v) is 5.19. The summed E-state index contributed by atoms with van der Waals surface area (Å²) in [4.78, 5) is 26.8. The van der Waals surface area contributed by atoms with Crippen LogP contribution in [0.15, 0.2) is 33.8 Å². The molecule has 0 unspecified atom stereocenters. The van der Waals surface area contributed by atoms with Crippen molar-refractivity contribution >= 4 is 27.3 Å². The molecule has 1 N–H and O–H groups in total. The van der Waals surface area contributed by atoms with Gasteiger partial charge in [-0.15, -0.1) is 0 Å². The summed E-state index contributed by atoms with van der Waals surface area (Å²) in [6.07, 6.45) is 1.43. The normalized spacial score (nSPS) is 10.4. The zero-order valence-electron chi connectivity index (χ0n) is 11.5. The van der Waals surface area contributed by atoms with Gasteiger partial charge in [0.1, 0.15) is 10.2 Å². The van der Waals surface area contributed by atoms with Gasteiger partial charge in [-0.05, 0) is 22.9 Å². The average Bonchev–Trinajstić information content (AvgIpc) is 2.47. The number of rotatable bonds is 4. The molecule has 0 saturated heterocycles. The van der Waals surface area contributed by atoms with Gasteiger partial charge in [-0.25, -0.2) is 4.98 Å². The smallest absolute Gasteiger partial charge is 0.292 e. The largest absolute Gasteiger partial charge is 0.382 e. The predicted octanol–water partition coefficient (Wildman–Crippen LogP) is 2.31. The predicted molar refractivity (Wildman–Crippen MR) is 82.7 cm³/mol. The number of hydrogen-bond donors (Lipinski definition) is 1. The summed E-state index contributed by atoms with van der Waals surface area (Å²) in [6.45, 7) is 1.92. The third kappa shape index (κ3) is 2.94. The number of nitro groups is 1. The van der Waals surface area contributed by atoms with Crippen molar-refractivity contribution < 1.29 is 4.92 Å². The first kappa shape index (κ1) is 15.2. The van der Waals surface area contributed by atoms with Crippen LogP contribution in [-0.2, 0) is 6.54 Å². The van der Waals surface area contributed by atoms with Crippen LogP contribution in [0.3, 0.4) is 0 Å². The SMILES string of the molecule is CNc1c(Cn2cnc(C)c(Br)c2=O)cccc1[N+](=O)[O-]. The number of nitrogens with zero attached hydrogens (tertiary/aromatic N) is 3. The van der Waals surface area contributed by atoms with E-state index in [2.05, 4.69) is 26.2 Å². The Morgan fingerprint density at radius 2 is 2.19 bits per heavy atom. The quantitative estimate of drug-likeness (QED) is 0.673. The van der Waals surface area contributed by atoms with E-state index in [0.29, 0.717) is 21.4 Å². The van der Waals surface area contributed by atoms with E-state index in [9.17, 15) is 14.9 Å². The van der Waals surface area contributed by atoms with Crippen LogP contribution in [0.5, 0.6) is 0 Å². The van der Waals surface area contributed by atoms with Crippen LogP contribution in [0.1, 0.15) is 11.3 Å². The van der Waals surface area contributed by atoms with Crippen molar-refractivity contribution in [2.45, 2.75) is 13.5 Å². The number of anilines is 1. The summed E-state index contributed by atoms with van der Waals surface area (Å²) in [5.74, 6) is 0. The van der Waals surface area contributed by atoms with Gasteiger partial charge in [0.15, 0.2) is 0 Å². The number of benzene rings is 1. The van der Waals surface area contributed by atoms with Crippen molar-refractivity contribution in [1.82, 2.24) is 9.55 Å². The molecule has 110 valence electrons. The third-order valence-corrected chi connectivity index (χ3v) is 3.99.